The summed E-state index contributed by atoms with van der Waals surface area (Å²) in [5.41, 5.74) is 2.59. The predicted molar refractivity (Wildman–Crippen MR) is 110 cm³/mol. The first kappa shape index (κ1) is 18.0. The van der Waals surface area contributed by atoms with Gasteiger partial charge in [-0.1, -0.05) is 60.7 Å². The van der Waals surface area contributed by atoms with E-state index >= 15 is 0 Å². The Balaban J connectivity index is 1.45. The molecule has 0 spiro atoms. The smallest absolute Gasteiger partial charge is 0.124 e. The second kappa shape index (κ2) is 9.03. The van der Waals surface area contributed by atoms with Crippen LogP contribution in [-0.4, -0.2) is 25.9 Å². The van der Waals surface area contributed by atoms with Gasteiger partial charge in [0.25, 0.3) is 0 Å². The number of fused-ring (bicyclic) bond motifs is 1. The summed E-state index contributed by atoms with van der Waals surface area (Å²) in [4.78, 5) is 0. The van der Waals surface area contributed by atoms with Crippen molar-refractivity contribution >= 4 is 10.8 Å². The molecule has 140 valence electrons. The average Bonchev–Trinajstić information content (AvgIpc) is 3.24. The van der Waals surface area contributed by atoms with Crippen LogP contribution in [0.5, 0.6) is 5.75 Å². The lowest BCUT2D eigenvalue weighted by atomic mass is 10.0. The van der Waals surface area contributed by atoms with E-state index in [9.17, 15) is 0 Å². The molecule has 1 atom stereocenters. The van der Waals surface area contributed by atoms with E-state index in [-0.39, 0.29) is 6.10 Å². The van der Waals surface area contributed by atoms with Gasteiger partial charge in [-0.25, -0.2) is 0 Å². The molecule has 1 saturated heterocycles. The highest BCUT2D eigenvalue weighted by atomic mass is 16.5. The minimum atomic E-state index is 0.232. The third-order valence-corrected chi connectivity index (χ3v) is 5.18. The molecule has 0 bridgehead atoms. The summed E-state index contributed by atoms with van der Waals surface area (Å²) < 4.78 is 11.9. The van der Waals surface area contributed by atoms with Gasteiger partial charge in [-0.3, -0.25) is 0 Å². The Bertz CT molecular complexity index is 857. The van der Waals surface area contributed by atoms with E-state index in [0.717, 1.165) is 44.7 Å². The monoisotopic (exact) mass is 361 g/mol. The zero-order valence-corrected chi connectivity index (χ0v) is 15.7. The van der Waals surface area contributed by atoms with Crippen LogP contribution in [0.2, 0.25) is 0 Å². The van der Waals surface area contributed by atoms with Crippen molar-refractivity contribution in [2.75, 3.05) is 19.8 Å². The van der Waals surface area contributed by atoms with Crippen molar-refractivity contribution < 1.29 is 9.47 Å². The van der Waals surface area contributed by atoms with Gasteiger partial charge in [0.2, 0.25) is 0 Å². The number of benzene rings is 3. The minimum Gasteiger partial charge on any atom is -0.491 e. The highest BCUT2D eigenvalue weighted by Gasteiger charge is 2.17. The van der Waals surface area contributed by atoms with Gasteiger partial charge in [-0.15, -0.1) is 0 Å². The molecule has 0 aromatic heterocycles. The van der Waals surface area contributed by atoms with E-state index in [1.807, 2.05) is 0 Å². The van der Waals surface area contributed by atoms with Crippen molar-refractivity contribution in [3.05, 3.63) is 77.9 Å². The van der Waals surface area contributed by atoms with Gasteiger partial charge in [0.1, 0.15) is 12.4 Å². The summed E-state index contributed by atoms with van der Waals surface area (Å²) in [6.45, 7) is 3.24. The minimum absolute atomic E-state index is 0.232. The molecule has 0 amide bonds. The van der Waals surface area contributed by atoms with Gasteiger partial charge < -0.3 is 14.8 Å². The molecule has 1 aliphatic heterocycles. The van der Waals surface area contributed by atoms with Crippen molar-refractivity contribution in [3.63, 3.8) is 0 Å². The van der Waals surface area contributed by atoms with Crippen LogP contribution in [0.4, 0.5) is 0 Å². The molecule has 4 rings (SSSR count). The van der Waals surface area contributed by atoms with E-state index in [1.54, 1.807) is 0 Å². The molecule has 3 nitrogen and oxygen atoms in total. The lowest BCUT2D eigenvalue weighted by Gasteiger charge is -2.17. The van der Waals surface area contributed by atoms with Crippen LogP contribution in [0.15, 0.2) is 66.7 Å². The van der Waals surface area contributed by atoms with Crippen molar-refractivity contribution in [2.45, 2.75) is 31.9 Å². The Labute approximate surface area is 161 Å². The molecule has 1 aliphatic rings. The van der Waals surface area contributed by atoms with Crippen molar-refractivity contribution in [3.8, 4) is 5.75 Å². The van der Waals surface area contributed by atoms with E-state index in [4.69, 9.17) is 9.47 Å². The first-order chi connectivity index (χ1) is 13.4. The SMILES string of the molecule is c1ccc(CCNCc2c(OCC3CCCO3)ccc3ccccc23)cc1. The summed E-state index contributed by atoms with van der Waals surface area (Å²) in [6, 6.07) is 23.4. The van der Waals surface area contributed by atoms with Crippen LogP contribution in [0.3, 0.4) is 0 Å². The van der Waals surface area contributed by atoms with Crippen LogP contribution in [0.1, 0.15) is 24.0 Å². The largest absolute Gasteiger partial charge is 0.491 e. The Morgan fingerprint density at radius 1 is 0.963 bits per heavy atom. The molecule has 1 unspecified atom stereocenters. The van der Waals surface area contributed by atoms with Gasteiger partial charge in [-0.05, 0) is 48.2 Å². The fraction of sp³-hybridized carbons (Fsp3) is 0.333. The molecule has 1 fully saturated rings. The average molecular weight is 361 g/mol. The number of hydrogen-bond acceptors (Lipinski definition) is 3. The van der Waals surface area contributed by atoms with Gasteiger partial charge >= 0.3 is 0 Å². The van der Waals surface area contributed by atoms with Crippen LogP contribution in [0.25, 0.3) is 10.8 Å². The molecule has 0 radical (unpaired) electrons. The van der Waals surface area contributed by atoms with Crippen molar-refractivity contribution in [1.29, 1.82) is 0 Å². The van der Waals surface area contributed by atoms with E-state index in [2.05, 4.69) is 72.0 Å². The molecule has 1 N–H and O–H groups in total. The van der Waals surface area contributed by atoms with Crippen LogP contribution < -0.4 is 10.1 Å². The molecule has 3 aromatic carbocycles. The zero-order valence-electron chi connectivity index (χ0n) is 15.7. The van der Waals surface area contributed by atoms with Gasteiger partial charge in [-0.2, -0.15) is 0 Å². The summed E-state index contributed by atoms with van der Waals surface area (Å²) in [5, 5.41) is 6.11. The quantitative estimate of drug-likeness (QED) is 0.588. The number of hydrogen-bond donors (Lipinski definition) is 1. The summed E-state index contributed by atoms with van der Waals surface area (Å²) in [7, 11) is 0. The summed E-state index contributed by atoms with van der Waals surface area (Å²) in [6.07, 6.45) is 3.49. The second-order valence-corrected chi connectivity index (χ2v) is 7.12. The Hall–Kier alpha value is -2.36. The third kappa shape index (κ3) is 4.68. The first-order valence-corrected chi connectivity index (χ1v) is 9.90. The van der Waals surface area contributed by atoms with Crippen LogP contribution >= 0.6 is 0 Å². The van der Waals surface area contributed by atoms with E-state index in [0.29, 0.717) is 6.61 Å². The maximum absolute atomic E-state index is 6.18. The highest BCUT2D eigenvalue weighted by molar-refractivity contribution is 5.87. The number of nitrogens with one attached hydrogen (secondary N) is 1. The molecular weight excluding hydrogens is 334 g/mol. The summed E-state index contributed by atoms with van der Waals surface area (Å²) >= 11 is 0. The molecule has 0 saturated carbocycles. The lowest BCUT2D eigenvalue weighted by molar-refractivity contribution is 0.0676. The van der Waals surface area contributed by atoms with Gasteiger partial charge in [0.15, 0.2) is 0 Å². The standard InChI is InChI=1S/C24H27NO2/c1-2-7-19(8-3-1)14-15-25-17-23-22-11-5-4-9-20(22)12-13-24(23)27-18-21-10-6-16-26-21/h1-5,7-9,11-13,21,25H,6,10,14-18H2. The number of rotatable bonds is 8. The van der Waals surface area contributed by atoms with Crippen molar-refractivity contribution in [1.82, 2.24) is 5.32 Å². The molecule has 3 heteroatoms. The Morgan fingerprint density at radius 3 is 2.67 bits per heavy atom. The van der Waals surface area contributed by atoms with Crippen LogP contribution in [-0.2, 0) is 17.7 Å². The highest BCUT2D eigenvalue weighted by Crippen LogP contribution is 2.29. The topological polar surface area (TPSA) is 30.5 Å². The maximum atomic E-state index is 6.18. The fourth-order valence-corrected chi connectivity index (χ4v) is 3.68. The Kier molecular flexibility index (Phi) is 6.03. The molecule has 3 aromatic rings. The van der Waals surface area contributed by atoms with Gasteiger partial charge in [0, 0.05) is 18.7 Å². The second-order valence-electron chi connectivity index (χ2n) is 7.12. The first-order valence-electron chi connectivity index (χ1n) is 9.90. The van der Waals surface area contributed by atoms with Crippen molar-refractivity contribution in [2.24, 2.45) is 0 Å². The molecule has 27 heavy (non-hydrogen) atoms. The van der Waals surface area contributed by atoms with E-state index in [1.165, 1.54) is 21.9 Å². The molecule has 0 aliphatic carbocycles. The van der Waals surface area contributed by atoms with E-state index < -0.39 is 0 Å². The fourth-order valence-electron chi connectivity index (χ4n) is 3.68. The summed E-state index contributed by atoms with van der Waals surface area (Å²) in [5.74, 6) is 0.969. The molecular formula is C24H27NO2. The maximum Gasteiger partial charge on any atom is 0.124 e. The lowest BCUT2D eigenvalue weighted by Crippen LogP contribution is -2.20. The zero-order chi connectivity index (χ0) is 18.3. The molecule has 1 heterocycles. The van der Waals surface area contributed by atoms with Gasteiger partial charge in [0.05, 0.1) is 6.10 Å². The number of ether oxygens (including phenoxy) is 2. The normalized spacial score (nSPS) is 16.7. The Morgan fingerprint density at radius 2 is 1.81 bits per heavy atom. The third-order valence-electron chi connectivity index (χ3n) is 5.18. The van der Waals surface area contributed by atoms with Crippen LogP contribution in [0, 0.1) is 0 Å². The predicted octanol–water partition coefficient (Wildman–Crippen LogP) is 4.73.